The average Bonchev–Trinajstić information content (AvgIpc) is 2.98. The zero-order valence-electron chi connectivity index (χ0n) is 16.0. The summed E-state index contributed by atoms with van der Waals surface area (Å²) in [7, 11) is 0. The van der Waals surface area contributed by atoms with Crippen LogP contribution in [-0.2, 0) is 0 Å². The third-order valence-electron chi connectivity index (χ3n) is 4.25. The van der Waals surface area contributed by atoms with Gasteiger partial charge in [0, 0.05) is 16.3 Å². The van der Waals surface area contributed by atoms with Crippen molar-refractivity contribution in [1.82, 2.24) is 4.98 Å². The van der Waals surface area contributed by atoms with Gasteiger partial charge in [0.25, 0.3) is 11.8 Å². The van der Waals surface area contributed by atoms with Gasteiger partial charge in [0.2, 0.25) is 0 Å². The van der Waals surface area contributed by atoms with E-state index in [0.717, 1.165) is 33.7 Å². The molecule has 1 aromatic heterocycles. The number of carbonyl (C=O) groups excluding carboxylic acids is 2. The molecule has 2 amide bonds. The smallest absolute Gasteiger partial charge is 0.267 e. The lowest BCUT2D eigenvalue weighted by Gasteiger charge is -2.12. The van der Waals surface area contributed by atoms with Crippen LogP contribution in [-0.4, -0.2) is 16.8 Å². The molecule has 0 spiro atoms. The van der Waals surface area contributed by atoms with Crippen LogP contribution in [0.4, 0.5) is 10.8 Å². The van der Waals surface area contributed by atoms with E-state index in [0.29, 0.717) is 26.3 Å². The second-order valence-corrected chi connectivity index (χ2v) is 8.06. The summed E-state index contributed by atoms with van der Waals surface area (Å²) in [6.07, 6.45) is 0. The summed E-state index contributed by atoms with van der Waals surface area (Å²) in [5.41, 5.74) is 4.99. The van der Waals surface area contributed by atoms with Crippen LogP contribution in [0.15, 0.2) is 36.4 Å². The molecule has 1 heterocycles. The lowest BCUT2D eigenvalue weighted by Crippen LogP contribution is -2.13. The van der Waals surface area contributed by atoms with Gasteiger partial charge in [-0.3, -0.25) is 14.9 Å². The molecule has 0 aliphatic rings. The molecule has 3 rings (SSSR count). The average molecular weight is 414 g/mol. The number of halogens is 1. The summed E-state index contributed by atoms with van der Waals surface area (Å²) >= 11 is 6.99. The highest BCUT2D eigenvalue weighted by Crippen LogP contribution is 2.27. The van der Waals surface area contributed by atoms with E-state index in [9.17, 15) is 9.59 Å². The van der Waals surface area contributed by atoms with Crippen molar-refractivity contribution in [3.05, 3.63) is 74.2 Å². The van der Waals surface area contributed by atoms with Crippen molar-refractivity contribution < 1.29 is 9.59 Å². The van der Waals surface area contributed by atoms with E-state index in [-0.39, 0.29) is 11.8 Å². The molecule has 0 unspecified atom stereocenters. The molecule has 144 valence electrons. The summed E-state index contributed by atoms with van der Waals surface area (Å²) in [5, 5.41) is 6.64. The van der Waals surface area contributed by atoms with E-state index in [4.69, 9.17) is 11.6 Å². The highest BCUT2D eigenvalue weighted by atomic mass is 35.5. The number of hydrogen-bond donors (Lipinski definition) is 2. The first-order valence-corrected chi connectivity index (χ1v) is 9.87. The third-order valence-corrected chi connectivity index (χ3v) is 5.57. The SMILES string of the molecule is Cc1cc(C)c(NC(=O)c2sc(NC(=O)c3ccc(Cl)cc3)nc2C)c(C)c1. The Morgan fingerprint density at radius 3 is 2.14 bits per heavy atom. The fraction of sp³-hybridized carbons (Fsp3) is 0.190. The van der Waals surface area contributed by atoms with E-state index in [1.165, 1.54) is 0 Å². The third kappa shape index (κ3) is 4.40. The van der Waals surface area contributed by atoms with Gasteiger partial charge >= 0.3 is 0 Å². The molecule has 0 saturated carbocycles. The molecule has 0 radical (unpaired) electrons. The van der Waals surface area contributed by atoms with Gasteiger partial charge in [-0.2, -0.15) is 0 Å². The molecular formula is C21H20ClN3O2S. The molecule has 0 atom stereocenters. The number of nitrogens with one attached hydrogen (secondary N) is 2. The Kier molecular flexibility index (Phi) is 5.82. The maximum absolute atomic E-state index is 12.8. The quantitative estimate of drug-likeness (QED) is 0.590. The molecule has 0 fully saturated rings. The Labute approximate surface area is 172 Å². The van der Waals surface area contributed by atoms with Gasteiger partial charge in [0.15, 0.2) is 5.13 Å². The normalized spacial score (nSPS) is 10.6. The minimum atomic E-state index is -0.303. The Bertz CT molecular complexity index is 1040. The van der Waals surface area contributed by atoms with Crippen molar-refractivity contribution in [2.45, 2.75) is 27.7 Å². The number of nitrogens with zero attached hydrogens (tertiary/aromatic N) is 1. The molecule has 2 N–H and O–H groups in total. The first kappa shape index (κ1) is 20.0. The maximum atomic E-state index is 12.8. The molecule has 0 bridgehead atoms. The maximum Gasteiger partial charge on any atom is 0.267 e. The van der Waals surface area contributed by atoms with Crippen LogP contribution in [0.1, 0.15) is 42.4 Å². The second kappa shape index (κ2) is 8.12. The standard InChI is InChI=1S/C21H20ClN3O2S/c1-11-9-12(2)17(13(3)10-11)24-20(27)18-14(4)23-21(28-18)25-19(26)15-5-7-16(22)8-6-15/h5-10H,1-4H3,(H,24,27)(H,23,25,26). The van der Waals surface area contributed by atoms with Crippen molar-refractivity contribution in [1.29, 1.82) is 0 Å². The zero-order chi connectivity index (χ0) is 20.4. The van der Waals surface area contributed by atoms with Crippen molar-refractivity contribution >= 4 is 45.6 Å². The number of aryl methyl sites for hydroxylation is 4. The second-order valence-electron chi connectivity index (χ2n) is 6.62. The molecule has 2 aromatic carbocycles. The Hall–Kier alpha value is -2.70. The summed E-state index contributed by atoms with van der Waals surface area (Å²) in [4.78, 5) is 29.9. The van der Waals surface area contributed by atoms with Gasteiger partial charge in [-0.15, -0.1) is 0 Å². The van der Waals surface area contributed by atoms with Gasteiger partial charge in [-0.25, -0.2) is 4.98 Å². The van der Waals surface area contributed by atoms with Gasteiger partial charge < -0.3 is 5.32 Å². The van der Waals surface area contributed by atoms with E-state index in [1.807, 2.05) is 32.9 Å². The monoisotopic (exact) mass is 413 g/mol. The van der Waals surface area contributed by atoms with Crippen molar-refractivity contribution in [3.63, 3.8) is 0 Å². The highest BCUT2D eigenvalue weighted by Gasteiger charge is 2.18. The van der Waals surface area contributed by atoms with Crippen LogP contribution in [0, 0.1) is 27.7 Å². The lowest BCUT2D eigenvalue weighted by molar-refractivity contribution is 0.102. The van der Waals surface area contributed by atoms with Gasteiger partial charge in [0.1, 0.15) is 4.88 Å². The molecule has 28 heavy (non-hydrogen) atoms. The molecule has 0 aliphatic heterocycles. The fourth-order valence-electron chi connectivity index (χ4n) is 2.98. The number of aromatic nitrogens is 1. The van der Waals surface area contributed by atoms with Crippen molar-refractivity contribution in [3.8, 4) is 0 Å². The summed E-state index contributed by atoms with van der Waals surface area (Å²) in [5.74, 6) is -0.542. The van der Waals surface area contributed by atoms with Crippen LogP contribution in [0.2, 0.25) is 5.02 Å². The number of benzene rings is 2. The number of rotatable bonds is 4. The molecular weight excluding hydrogens is 394 g/mol. The van der Waals surface area contributed by atoms with Gasteiger partial charge in [0.05, 0.1) is 5.69 Å². The largest absolute Gasteiger partial charge is 0.321 e. The Balaban J connectivity index is 1.77. The summed E-state index contributed by atoms with van der Waals surface area (Å²) < 4.78 is 0. The number of carbonyl (C=O) groups is 2. The molecule has 0 saturated heterocycles. The Morgan fingerprint density at radius 1 is 0.929 bits per heavy atom. The summed E-state index contributed by atoms with van der Waals surface area (Å²) in [6, 6.07) is 10.6. The van der Waals surface area contributed by atoms with E-state index >= 15 is 0 Å². The van der Waals surface area contributed by atoms with Gasteiger partial charge in [-0.1, -0.05) is 40.6 Å². The van der Waals surface area contributed by atoms with Crippen LogP contribution in [0.25, 0.3) is 0 Å². The molecule has 0 aliphatic carbocycles. The van der Waals surface area contributed by atoms with Crippen LogP contribution < -0.4 is 10.6 Å². The number of amides is 2. The van der Waals surface area contributed by atoms with E-state index in [1.54, 1.807) is 31.2 Å². The van der Waals surface area contributed by atoms with Crippen LogP contribution in [0.3, 0.4) is 0 Å². The minimum Gasteiger partial charge on any atom is -0.321 e. The molecule has 5 nitrogen and oxygen atoms in total. The Morgan fingerprint density at radius 2 is 1.54 bits per heavy atom. The highest BCUT2D eigenvalue weighted by molar-refractivity contribution is 7.17. The number of hydrogen-bond acceptors (Lipinski definition) is 4. The molecule has 7 heteroatoms. The van der Waals surface area contributed by atoms with E-state index < -0.39 is 0 Å². The van der Waals surface area contributed by atoms with Crippen LogP contribution in [0.5, 0.6) is 0 Å². The summed E-state index contributed by atoms with van der Waals surface area (Å²) in [6.45, 7) is 7.70. The topological polar surface area (TPSA) is 71.1 Å². The van der Waals surface area contributed by atoms with Crippen LogP contribution >= 0.6 is 22.9 Å². The zero-order valence-corrected chi connectivity index (χ0v) is 17.6. The number of thiazole rings is 1. The molecule has 3 aromatic rings. The first-order valence-electron chi connectivity index (χ1n) is 8.68. The minimum absolute atomic E-state index is 0.239. The predicted molar refractivity (Wildman–Crippen MR) is 115 cm³/mol. The number of anilines is 2. The fourth-order valence-corrected chi connectivity index (χ4v) is 3.96. The first-order chi connectivity index (χ1) is 13.2. The van der Waals surface area contributed by atoms with Crippen molar-refractivity contribution in [2.75, 3.05) is 10.6 Å². The van der Waals surface area contributed by atoms with E-state index in [2.05, 4.69) is 15.6 Å². The predicted octanol–water partition coefficient (Wildman–Crippen LogP) is 5.53. The van der Waals surface area contributed by atoms with Gasteiger partial charge in [-0.05, 0) is 63.1 Å². The van der Waals surface area contributed by atoms with Crippen molar-refractivity contribution in [2.24, 2.45) is 0 Å². The lowest BCUT2D eigenvalue weighted by atomic mass is 10.1.